The molecule has 0 saturated heterocycles. The second kappa shape index (κ2) is 10.0. The lowest BCUT2D eigenvalue weighted by Gasteiger charge is -2.61. The molecule has 0 aromatic rings. The average molecular weight is 524 g/mol. The van der Waals surface area contributed by atoms with Crippen LogP contribution in [0.1, 0.15) is 121 Å². The number of carbonyl (C=O) groups is 2. The van der Waals surface area contributed by atoms with E-state index >= 15 is 0 Å². The number of fused-ring (bicyclic) bond motifs is 1. The van der Waals surface area contributed by atoms with Crippen LogP contribution in [0.3, 0.4) is 0 Å². The van der Waals surface area contributed by atoms with Crippen LogP contribution in [0.2, 0.25) is 0 Å². The Bertz CT molecular complexity index is 1070. The van der Waals surface area contributed by atoms with E-state index in [4.69, 9.17) is 0 Å². The summed E-state index contributed by atoms with van der Waals surface area (Å²) < 4.78 is 0. The maximum Gasteiger partial charge on any atom is 0.178 e. The van der Waals surface area contributed by atoms with E-state index < -0.39 is 10.8 Å². The fourth-order valence-electron chi connectivity index (χ4n) is 9.02. The highest BCUT2D eigenvalue weighted by Crippen LogP contribution is 2.67. The molecule has 3 aliphatic carbocycles. The quantitative estimate of drug-likeness (QED) is 0.343. The summed E-state index contributed by atoms with van der Waals surface area (Å²) in [6.07, 6.45) is 11.9. The Hall–Kier alpha value is -1.73. The summed E-state index contributed by atoms with van der Waals surface area (Å²) in [6.45, 7) is 22.1. The minimum absolute atomic E-state index is 0.0189. The van der Waals surface area contributed by atoms with Gasteiger partial charge in [-0.1, -0.05) is 74.0 Å². The summed E-state index contributed by atoms with van der Waals surface area (Å²) in [5.41, 5.74) is 0.205. The Morgan fingerprint density at radius 2 is 1.76 bits per heavy atom. The number of carbonyl (C=O) groups excluding carboxylic acids is 2. The molecule has 0 spiro atoms. The number of ketones is 2. The summed E-state index contributed by atoms with van der Waals surface area (Å²) in [5.74, 6) is 0.530. The lowest BCUT2D eigenvalue weighted by atomic mass is 9.42. The number of nitriles is 1. The zero-order valence-corrected chi connectivity index (χ0v) is 25.9. The van der Waals surface area contributed by atoms with Crippen molar-refractivity contribution in [1.82, 2.24) is 0 Å². The monoisotopic (exact) mass is 523 g/mol. The first kappa shape index (κ1) is 30.8. The fourth-order valence-corrected chi connectivity index (χ4v) is 9.02. The van der Waals surface area contributed by atoms with E-state index in [1.807, 2.05) is 26.0 Å². The fraction of sp³-hybridized carbons (Fsp3) is 0.794. The molecule has 2 fully saturated rings. The van der Waals surface area contributed by atoms with Crippen molar-refractivity contribution in [1.29, 1.82) is 5.26 Å². The molecule has 0 aromatic carbocycles. The number of Topliss-reactive ketones (excluding diaryl/α,β-unsaturated/α-hetero) is 1. The summed E-state index contributed by atoms with van der Waals surface area (Å²) in [7, 11) is 0. The van der Waals surface area contributed by atoms with Gasteiger partial charge >= 0.3 is 0 Å². The van der Waals surface area contributed by atoms with Crippen molar-refractivity contribution in [2.75, 3.05) is 6.61 Å². The molecule has 1 N–H and O–H groups in total. The number of hydrogen-bond donors (Lipinski definition) is 1. The molecule has 0 bridgehead atoms. The van der Waals surface area contributed by atoms with Crippen LogP contribution in [-0.4, -0.2) is 23.3 Å². The van der Waals surface area contributed by atoms with Crippen molar-refractivity contribution in [3.63, 3.8) is 0 Å². The first-order chi connectivity index (χ1) is 17.3. The number of rotatable bonds is 7. The van der Waals surface area contributed by atoms with Gasteiger partial charge in [0.25, 0.3) is 0 Å². The summed E-state index contributed by atoms with van der Waals surface area (Å²) in [4.78, 5) is 25.9. The molecule has 1 unspecified atom stereocenters. The van der Waals surface area contributed by atoms with Crippen LogP contribution >= 0.6 is 0 Å². The van der Waals surface area contributed by atoms with Gasteiger partial charge in [0.2, 0.25) is 0 Å². The van der Waals surface area contributed by atoms with Crippen LogP contribution in [0.25, 0.3) is 0 Å². The van der Waals surface area contributed by atoms with Gasteiger partial charge in [0.15, 0.2) is 11.6 Å². The van der Waals surface area contributed by atoms with Gasteiger partial charge in [0, 0.05) is 17.4 Å². The molecule has 0 amide bonds. The van der Waals surface area contributed by atoms with Crippen molar-refractivity contribution in [2.45, 2.75) is 121 Å². The lowest BCUT2D eigenvalue weighted by Crippen LogP contribution is -2.56. The summed E-state index contributed by atoms with van der Waals surface area (Å²) in [6, 6.07) is 2.18. The molecule has 3 aliphatic rings. The Labute approximate surface area is 232 Å². The number of allylic oxidation sites excluding steroid dienone is 4. The van der Waals surface area contributed by atoms with Crippen LogP contribution in [0.15, 0.2) is 23.3 Å². The predicted octanol–water partition coefficient (Wildman–Crippen LogP) is 8.00. The minimum Gasteiger partial charge on any atom is -0.396 e. The first-order valence-corrected chi connectivity index (χ1v) is 14.8. The van der Waals surface area contributed by atoms with E-state index in [0.717, 1.165) is 44.1 Å². The van der Waals surface area contributed by atoms with Gasteiger partial charge in [-0.2, -0.15) is 5.26 Å². The van der Waals surface area contributed by atoms with Crippen LogP contribution < -0.4 is 0 Å². The second-order valence-electron chi connectivity index (χ2n) is 15.6. The number of aliphatic hydroxyl groups excluding tert-OH is 1. The Kier molecular flexibility index (Phi) is 8.13. The highest BCUT2D eigenvalue weighted by Gasteiger charge is 2.61. The number of hydrogen-bond acceptors (Lipinski definition) is 4. The van der Waals surface area contributed by atoms with Crippen LogP contribution in [0.4, 0.5) is 0 Å². The maximum absolute atomic E-state index is 13.2. The van der Waals surface area contributed by atoms with Gasteiger partial charge in [-0.05, 0) is 97.9 Å². The highest BCUT2D eigenvalue weighted by molar-refractivity contribution is 6.04. The third-order valence-electron chi connectivity index (χ3n) is 12.0. The molecular formula is C34H53NO3. The predicted molar refractivity (Wildman–Crippen MR) is 154 cm³/mol. The molecule has 0 aliphatic heterocycles. The third kappa shape index (κ3) is 4.98. The number of aliphatic hydroxyl groups is 1. The molecule has 3 rings (SSSR count). The average Bonchev–Trinajstić information content (AvgIpc) is 2.79. The van der Waals surface area contributed by atoms with Gasteiger partial charge in [0.05, 0.1) is 5.57 Å². The van der Waals surface area contributed by atoms with Gasteiger partial charge in [-0.15, -0.1) is 0 Å². The Balaban J connectivity index is 2.05. The zero-order chi connectivity index (χ0) is 28.9. The Morgan fingerprint density at radius 3 is 2.29 bits per heavy atom. The molecule has 0 heterocycles. The summed E-state index contributed by atoms with van der Waals surface area (Å²) in [5, 5.41) is 20.0. The van der Waals surface area contributed by atoms with E-state index in [2.05, 4.69) is 54.5 Å². The molecule has 0 aromatic heterocycles. The van der Waals surface area contributed by atoms with Crippen LogP contribution in [0, 0.1) is 55.7 Å². The van der Waals surface area contributed by atoms with E-state index in [9.17, 15) is 20.0 Å². The van der Waals surface area contributed by atoms with Crippen molar-refractivity contribution in [3.05, 3.63) is 23.3 Å². The zero-order valence-electron chi connectivity index (χ0n) is 25.9. The third-order valence-corrected chi connectivity index (χ3v) is 12.0. The topological polar surface area (TPSA) is 78.2 Å². The van der Waals surface area contributed by atoms with Crippen molar-refractivity contribution < 1.29 is 14.7 Å². The molecule has 38 heavy (non-hydrogen) atoms. The smallest absolute Gasteiger partial charge is 0.178 e. The van der Waals surface area contributed by atoms with E-state index in [-0.39, 0.29) is 45.9 Å². The standard InChI is InChI=1S/C34H53NO3/c1-23-20-29(3,4)13-15-34(23,17-18-36)16-14-30(5,6)33(10)12-11-26-31(7,8)28(38)25(22-35)21-32(26,9)27(33)19-24(2)37/h19,21,23,26,36H,11-18,20H2,1-10H3/b27-19-/t23?,26-,32-,33+,34+/m0/s1. The minimum atomic E-state index is -0.661. The van der Waals surface area contributed by atoms with Crippen molar-refractivity contribution in [2.24, 2.45) is 44.3 Å². The maximum atomic E-state index is 13.2. The molecule has 4 heteroatoms. The molecule has 0 radical (unpaired) electrons. The summed E-state index contributed by atoms with van der Waals surface area (Å²) >= 11 is 0. The second-order valence-corrected chi connectivity index (χ2v) is 15.6. The first-order valence-electron chi connectivity index (χ1n) is 14.8. The molecular weight excluding hydrogens is 470 g/mol. The van der Waals surface area contributed by atoms with Gasteiger partial charge in [-0.25, -0.2) is 0 Å². The van der Waals surface area contributed by atoms with E-state index in [1.165, 1.54) is 12.8 Å². The van der Waals surface area contributed by atoms with Gasteiger partial charge in [-0.3, -0.25) is 9.59 Å². The van der Waals surface area contributed by atoms with E-state index in [0.29, 0.717) is 11.3 Å². The SMILES string of the molecule is CC(=O)/C=C1/[C@@]2(C)C=C(C#N)C(=O)C(C)(C)[C@@H]2CC[C@@]1(C)C(C)(C)CC[C@@]1(CCO)CCC(C)(C)CC1C. The van der Waals surface area contributed by atoms with Crippen molar-refractivity contribution >= 4 is 11.6 Å². The van der Waals surface area contributed by atoms with E-state index in [1.54, 1.807) is 6.92 Å². The molecule has 4 nitrogen and oxygen atoms in total. The lowest BCUT2D eigenvalue weighted by molar-refractivity contribution is -0.131. The largest absolute Gasteiger partial charge is 0.396 e. The van der Waals surface area contributed by atoms with Crippen LogP contribution in [0.5, 0.6) is 0 Å². The molecule has 5 atom stereocenters. The number of nitrogens with zero attached hydrogens (tertiary/aromatic N) is 1. The van der Waals surface area contributed by atoms with Crippen molar-refractivity contribution in [3.8, 4) is 6.07 Å². The van der Waals surface area contributed by atoms with Crippen LogP contribution in [-0.2, 0) is 9.59 Å². The van der Waals surface area contributed by atoms with Gasteiger partial charge < -0.3 is 5.11 Å². The molecule has 2 saturated carbocycles. The molecule has 212 valence electrons. The highest BCUT2D eigenvalue weighted by atomic mass is 16.3. The Morgan fingerprint density at radius 1 is 1.13 bits per heavy atom. The van der Waals surface area contributed by atoms with Gasteiger partial charge in [0.1, 0.15) is 6.07 Å². The normalized spacial score (nSPS) is 37.8.